The lowest BCUT2D eigenvalue weighted by Gasteiger charge is -2.39. The first-order valence-electron chi connectivity index (χ1n) is 9.14. The van der Waals surface area contributed by atoms with Gasteiger partial charge in [-0.1, -0.05) is 35.9 Å². The van der Waals surface area contributed by atoms with Crippen LogP contribution in [-0.2, 0) is 21.5 Å². The molecule has 1 fully saturated rings. The van der Waals surface area contributed by atoms with Crippen molar-refractivity contribution < 1.29 is 27.4 Å². The standard InChI is InChI=1S/C21H21ClF3NO3/c1-26(14-15-2-8-18(9-3-15)29-21(23,24)25)19(27)20(10-12-28-13-11-20)16-4-6-17(22)7-5-16/h2-9H,10-14H2,1H3. The molecule has 0 saturated carbocycles. The largest absolute Gasteiger partial charge is 0.573 e. The summed E-state index contributed by atoms with van der Waals surface area (Å²) < 4.78 is 46.2. The minimum Gasteiger partial charge on any atom is -0.406 e. The number of alkyl halides is 3. The lowest BCUT2D eigenvalue weighted by atomic mass is 9.73. The van der Waals surface area contributed by atoms with Crippen molar-refractivity contribution in [3.8, 4) is 5.75 Å². The van der Waals surface area contributed by atoms with Crippen LogP contribution in [0.2, 0.25) is 5.02 Å². The fourth-order valence-corrected chi connectivity index (χ4v) is 3.75. The fourth-order valence-electron chi connectivity index (χ4n) is 3.62. The van der Waals surface area contributed by atoms with Crippen molar-refractivity contribution in [3.63, 3.8) is 0 Å². The summed E-state index contributed by atoms with van der Waals surface area (Å²) in [5.74, 6) is -0.351. The fraction of sp³-hybridized carbons (Fsp3) is 0.381. The van der Waals surface area contributed by atoms with Crippen LogP contribution in [0.3, 0.4) is 0 Å². The van der Waals surface area contributed by atoms with Crippen LogP contribution in [0, 0.1) is 0 Å². The van der Waals surface area contributed by atoms with Crippen LogP contribution >= 0.6 is 11.6 Å². The zero-order chi connectivity index (χ0) is 21.1. The van der Waals surface area contributed by atoms with Crippen molar-refractivity contribution in [1.29, 1.82) is 0 Å². The van der Waals surface area contributed by atoms with Gasteiger partial charge in [0.05, 0.1) is 5.41 Å². The molecule has 1 heterocycles. The minimum absolute atomic E-state index is 0.0567. The second-order valence-electron chi connectivity index (χ2n) is 7.05. The first-order chi connectivity index (χ1) is 13.7. The molecule has 8 heteroatoms. The molecular formula is C21H21ClF3NO3. The summed E-state index contributed by atoms with van der Waals surface area (Å²) in [6, 6.07) is 12.8. The first kappa shape index (κ1) is 21.5. The molecule has 0 radical (unpaired) electrons. The van der Waals surface area contributed by atoms with Crippen molar-refractivity contribution >= 4 is 17.5 Å². The molecule has 4 nitrogen and oxygen atoms in total. The molecule has 3 rings (SSSR count). The van der Waals surface area contributed by atoms with Gasteiger partial charge in [-0.3, -0.25) is 4.79 Å². The number of amides is 1. The number of carbonyl (C=O) groups is 1. The van der Waals surface area contributed by atoms with Crippen molar-refractivity contribution in [3.05, 3.63) is 64.7 Å². The Hall–Kier alpha value is -2.25. The summed E-state index contributed by atoms with van der Waals surface area (Å²) in [6.45, 7) is 1.22. The van der Waals surface area contributed by atoms with Gasteiger partial charge in [-0.2, -0.15) is 0 Å². The summed E-state index contributed by atoms with van der Waals surface area (Å²) in [5, 5.41) is 0.595. The van der Waals surface area contributed by atoms with E-state index < -0.39 is 11.8 Å². The highest BCUT2D eigenvalue weighted by Gasteiger charge is 2.43. The van der Waals surface area contributed by atoms with Crippen LogP contribution in [0.15, 0.2) is 48.5 Å². The molecule has 1 amide bonds. The van der Waals surface area contributed by atoms with Gasteiger partial charge < -0.3 is 14.4 Å². The van der Waals surface area contributed by atoms with E-state index in [1.54, 1.807) is 24.1 Å². The highest BCUT2D eigenvalue weighted by Crippen LogP contribution is 2.37. The maximum Gasteiger partial charge on any atom is 0.573 e. The molecule has 0 atom stereocenters. The minimum atomic E-state index is -4.73. The van der Waals surface area contributed by atoms with Gasteiger partial charge in [0.1, 0.15) is 5.75 Å². The molecular weight excluding hydrogens is 407 g/mol. The molecule has 1 aliphatic rings. The Balaban J connectivity index is 1.77. The number of likely N-dealkylation sites (N-methyl/N-ethyl adjacent to an activating group) is 1. The van der Waals surface area contributed by atoms with Crippen LogP contribution in [0.5, 0.6) is 5.75 Å². The number of rotatable bonds is 5. The number of ether oxygens (including phenoxy) is 2. The highest BCUT2D eigenvalue weighted by atomic mass is 35.5. The van der Waals surface area contributed by atoms with Gasteiger partial charge in [0, 0.05) is 31.8 Å². The zero-order valence-electron chi connectivity index (χ0n) is 15.8. The lowest BCUT2D eigenvalue weighted by molar-refractivity contribution is -0.274. The zero-order valence-corrected chi connectivity index (χ0v) is 16.6. The Kier molecular flexibility index (Phi) is 6.39. The Morgan fingerprint density at radius 3 is 2.24 bits per heavy atom. The Bertz CT molecular complexity index is 832. The molecule has 0 aliphatic carbocycles. The van der Waals surface area contributed by atoms with Gasteiger partial charge in [-0.15, -0.1) is 13.2 Å². The maximum absolute atomic E-state index is 13.4. The SMILES string of the molecule is CN(Cc1ccc(OC(F)(F)F)cc1)C(=O)C1(c2ccc(Cl)cc2)CCOCC1. The second kappa shape index (κ2) is 8.63. The maximum atomic E-state index is 13.4. The molecule has 1 aliphatic heterocycles. The van der Waals surface area contributed by atoms with Gasteiger partial charge >= 0.3 is 6.36 Å². The summed E-state index contributed by atoms with van der Waals surface area (Å²) in [5.41, 5.74) is 0.876. The first-order valence-corrected chi connectivity index (χ1v) is 9.51. The average molecular weight is 428 g/mol. The third kappa shape index (κ3) is 5.22. The number of carbonyl (C=O) groups excluding carboxylic acids is 1. The van der Waals surface area contributed by atoms with Crippen LogP contribution < -0.4 is 4.74 Å². The molecule has 0 unspecified atom stereocenters. The molecule has 2 aromatic rings. The van der Waals surface area contributed by atoms with Crippen molar-refractivity contribution in [2.75, 3.05) is 20.3 Å². The summed E-state index contributed by atoms with van der Waals surface area (Å²) >= 11 is 6.00. The normalized spacial score (nSPS) is 16.3. The highest BCUT2D eigenvalue weighted by molar-refractivity contribution is 6.30. The van der Waals surface area contributed by atoms with E-state index in [9.17, 15) is 18.0 Å². The molecule has 0 spiro atoms. The Labute approximate surface area is 172 Å². The summed E-state index contributed by atoms with van der Waals surface area (Å²) in [6.07, 6.45) is -3.63. The summed E-state index contributed by atoms with van der Waals surface area (Å²) in [4.78, 5) is 15.0. The van der Waals surface area contributed by atoms with Gasteiger partial charge in [-0.05, 0) is 48.2 Å². The summed E-state index contributed by atoms with van der Waals surface area (Å²) in [7, 11) is 1.69. The second-order valence-corrected chi connectivity index (χ2v) is 7.49. The number of nitrogens with zero attached hydrogens (tertiary/aromatic N) is 1. The van der Waals surface area contributed by atoms with Crippen molar-refractivity contribution in [2.45, 2.75) is 31.2 Å². The van der Waals surface area contributed by atoms with E-state index in [2.05, 4.69) is 4.74 Å². The molecule has 1 saturated heterocycles. The smallest absolute Gasteiger partial charge is 0.406 e. The number of halogens is 4. The number of hydrogen-bond acceptors (Lipinski definition) is 3. The Morgan fingerprint density at radius 2 is 1.69 bits per heavy atom. The van der Waals surface area contributed by atoms with E-state index >= 15 is 0 Å². The lowest BCUT2D eigenvalue weighted by Crippen LogP contribution is -2.48. The van der Waals surface area contributed by atoms with E-state index in [0.717, 1.165) is 5.56 Å². The molecule has 29 heavy (non-hydrogen) atoms. The Morgan fingerprint density at radius 1 is 1.10 bits per heavy atom. The topological polar surface area (TPSA) is 38.8 Å². The van der Waals surface area contributed by atoms with E-state index in [4.69, 9.17) is 16.3 Å². The van der Waals surface area contributed by atoms with Gasteiger partial charge in [0.25, 0.3) is 0 Å². The predicted molar refractivity (Wildman–Crippen MR) is 103 cm³/mol. The number of hydrogen-bond donors (Lipinski definition) is 0. The predicted octanol–water partition coefficient (Wildman–Crippen LogP) is 4.95. The van der Waals surface area contributed by atoms with Gasteiger partial charge in [-0.25, -0.2) is 0 Å². The van der Waals surface area contributed by atoms with E-state index in [-0.39, 0.29) is 18.2 Å². The third-order valence-electron chi connectivity index (χ3n) is 5.08. The monoisotopic (exact) mass is 427 g/mol. The van der Waals surface area contributed by atoms with Crippen LogP contribution in [-0.4, -0.2) is 37.4 Å². The average Bonchev–Trinajstić information content (AvgIpc) is 2.69. The van der Waals surface area contributed by atoms with Crippen LogP contribution in [0.1, 0.15) is 24.0 Å². The van der Waals surface area contributed by atoms with Gasteiger partial charge in [0.2, 0.25) is 5.91 Å². The molecule has 2 aromatic carbocycles. The molecule has 0 bridgehead atoms. The van der Waals surface area contributed by atoms with E-state index in [1.165, 1.54) is 24.3 Å². The third-order valence-corrected chi connectivity index (χ3v) is 5.33. The number of benzene rings is 2. The van der Waals surface area contributed by atoms with Crippen molar-refractivity contribution in [1.82, 2.24) is 4.90 Å². The molecule has 0 aromatic heterocycles. The van der Waals surface area contributed by atoms with Gasteiger partial charge in [0.15, 0.2) is 0 Å². The van der Waals surface area contributed by atoms with Crippen LogP contribution in [0.4, 0.5) is 13.2 Å². The molecule has 156 valence electrons. The quantitative estimate of drug-likeness (QED) is 0.678. The molecule has 0 N–H and O–H groups in total. The van der Waals surface area contributed by atoms with Crippen LogP contribution in [0.25, 0.3) is 0 Å². The van der Waals surface area contributed by atoms with Crippen molar-refractivity contribution in [2.24, 2.45) is 0 Å². The van der Waals surface area contributed by atoms with E-state index in [1.807, 2.05) is 12.1 Å². The van der Waals surface area contributed by atoms with E-state index in [0.29, 0.717) is 36.6 Å².